The summed E-state index contributed by atoms with van der Waals surface area (Å²) in [6, 6.07) is 20.5. The third-order valence-corrected chi connectivity index (χ3v) is 8.86. The molecule has 1 unspecified atom stereocenters. The lowest BCUT2D eigenvalue weighted by Crippen LogP contribution is -2.49. The van der Waals surface area contributed by atoms with Gasteiger partial charge in [-0.3, -0.25) is 14.5 Å². The fourth-order valence-electron chi connectivity index (χ4n) is 6.33. The molecule has 6 nitrogen and oxygen atoms in total. The van der Waals surface area contributed by atoms with Crippen LogP contribution in [0.4, 0.5) is 0 Å². The van der Waals surface area contributed by atoms with Crippen molar-refractivity contribution in [2.75, 3.05) is 45.8 Å². The number of nitrogens with zero attached hydrogens (tertiary/aromatic N) is 4. The number of piperazine rings is 1. The van der Waals surface area contributed by atoms with Crippen molar-refractivity contribution in [3.63, 3.8) is 0 Å². The molecule has 0 N–H and O–H groups in total. The lowest BCUT2D eigenvalue weighted by Gasteiger charge is -2.36. The number of hydrogen-bond donors (Lipinski definition) is 0. The zero-order valence-electron chi connectivity index (χ0n) is 21.7. The lowest BCUT2D eigenvalue weighted by molar-refractivity contribution is -0.135. The number of para-hydroxylation sites is 1. The van der Waals surface area contributed by atoms with Gasteiger partial charge in [-0.15, -0.1) is 0 Å². The van der Waals surface area contributed by atoms with Gasteiger partial charge in [0.25, 0.3) is 5.91 Å². The van der Waals surface area contributed by atoms with Gasteiger partial charge in [0.05, 0.1) is 0 Å². The molecule has 1 aromatic heterocycles. The van der Waals surface area contributed by atoms with Crippen LogP contribution in [0.25, 0.3) is 17.0 Å². The Morgan fingerprint density at radius 1 is 0.892 bits per heavy atom. The van der Waals surface area contributed by atoms with E-state index in [1.807, 2.05) is 40.8 Å². The van der Waals surface area contributed by atoms with E-state index in [1.54, 1.807) is 0 Å². The molecule has 2 aliphatic heterocycles. The number of rotatable bonds is 5. The number of benzene rings is 2. The Bertz CT molecular complexity index is 1310. The van der Waals surface area contributed by atoms with Gasteiger partial charge < -0.3 is 14.4 Å². The van der Waals surface area contributed by atoms with Crippen LogP contribution in [0.5, 0.6) is 0 Å². The second-order valence-corrected chi connectivity index (χ2v) is 11.0. The molecule has 3 heterocycles. The molecule has 1 atom stereocenters. The van der Waals surface area contributed by atoms with E-state index < -0.39 is 0 Å². The van der Waals surface area contributed by atoms with Gasteiger partial charge in [-0.1, -0.05) is 60.7 Å². The smallest absolute Gasteiger partial charge is 0.270 e. The molecule has 2 amide bonds. The van der Waals surface area contributed by atoms with Crippen molar-refractivity contribution in [2.45, 2.75) is 19.3 Å². The fourth-order valence-corrected chi connectivity index (χ4v) is 6.33. The summed E-state index contributed by atoms with van der Waals surface area (Å²) in [4.78, 5) is 33.1. The summed E-state index contributed by atoms with van der Waals surface area (Å²) >= 11 is 0. The van der Waals surface area contributed by atoms with Crippen molar-refractivity contribution in [3.8, 4) is 0 Å². The van der Waals surface area contributed by atoms with Crippen molar-refractivity contribution in [3.05, 3.63) is 78.0 Å². The van der Waals surface area contributed by atoms with Crippen LogP contribution in [0, 0.1) is 11.3 Å². The number of fused-ring (bicyclic) bond motifs is 1. The summed E-state index contributed by atoms with van der Waals surface area (Å²) in [6.07, 6.45) is 7.24. The minimum atomic E-state index is 0.106. The SMILES string of the molecule is Cn1c(C(=O)N2CCC3(CC2)CC3C(=O)N2CCN(C/C=C/c3ccccc3)CC2)cc2ccccc21. The van der Waals surface area contributed by atoms with Crippen LogP contribution >= 0.6 is 0 Å². The summed E-state index contributed by atoms with van der Waals surface area (Å²) < 4.78 is 2.00. The number of aryl methyl sites for hydroxylation is 1. The number of carbonyl (C=O) groups excluding carboxylic acids is 2. The first-order valence-electron chi connectivity index (χ1n) is 13.6. The molecule has 37 heavy (non-hydrogen) atoms. The first kappa shape index (κ1) is 24.0. The summed E-state index contributed by atoms with van der Waals surface area (Å²) in [5.41, 5.74) is 3.17. The van der Waals surface area contributed by atoms with E-state index in [2.05, 4.69) is 58.4 Å². The second-order valence-electron chi connectivity index (χ2n) is 11.0. The highest BCUT2D eigenvalue weighted by molar-refractivity contribution is 5.98. The molecule has 0 radical (unpaired) electrons. The van der Waals surface area contributed by atoms with Gasteiger partial charge in [0, 0.05) is 69.7 Å². The lowest BCUT2D eigenvalue weighted by atomic mass is 9.90. The molecule has 1 aliphatic carbocycles. The molecule has 6 heteroatoms. The van der Waals surface area contributed by atoms with Crippen LogP contribution < -0.4 is 0 Å². The zero-order valence-corrected chi connectivity index (χ0v) is 21.7. The molecule has 2 aromatic carbocycles. The normalized spacial score (nSPS) is 21.7. The molecule has 1 spiro atoms. The molecule has 0 bridgehead atoms. The van der Waals surface area contributed by atoms with E-state index in [1.165, 1.54) is 5.56 Å². The topological polar surface area (TPSA) is 48.8 Å². The van der Waals surface area contributed by atoms with Crippen molar-refractivity contribution in [1.29, 1.82) is 0 Å². The van der Waals surface area contributed by atoms with Crippen molar-refractivity contribution < 1.29 is 9.59 Å². The molecule has 2 saturated heterocycles. The van der Waals surface area contributed by atoms with E-state index in [0.29, 0.717) is 5.91 Å². The van der Waals surface area contributed by atoms with Crippen LogP contribution in [0.1, 0.15) is 35.3 Å². The van der Waals surface area contributed by atoms with Gasteiger partial charge in [-0.05, 0) is 42.4 Å². The van der Waals surface area contributed by atoms with E-state index >= 15 is 0 Å². The minimum Gasteiger partial charge on any atom is -0.340 e. The van der Waals surface area contributed by atoms with Gasteiger partial charge >= 0.3 is 0 Å². The molecule has 1 saturated carbocycles. The van der Waals surface area contributed by atoms with Crippen molar-refractivity contribution in [1.82, 2.24) is 19.3 Å². The van der Waals surface area contributed by atoms with Crippen LogP contribution in [-0.2, 0) is 11.8 Å². The van der Waals surface area contributed by atoms with E-state index in [4.69, 9.17) is 0 Å². The largest absolute Gasteiger partial charge is 0.340 e. The quantitative estimate of drug-likeness (QED) is 0.530. The van der Waals surface area contributed by atoms with Gasteiger partial charge in [-0.2, -0.15) is 0 Å². The van der Waals surface area contributed by atoms with E-state index in [9.17, 15) is 9.59 Å². The predicted molar refractivity (Wildman–Crippen MR) is 147 cm³/mol. The first-order chi connectivity index (χ1) is 18.0. The Labute approximate surface area is 219 Å². The highest BCUT2D eigenvalue weighted by atomic mass is 16.2. The first-order valence-corrected chi connectivity index (χ1v) is 13.6. The summed E-state index contributed by atoms with van der Waals surface area (Å²) in [5.74, 6) is 0.592. The van der Waals surface area contributed by atoms with Crippen molar-refractivity contribution in [2.24, 2.45) is 18.4 Å². The highest BCUT2D eigenvalue weighted by Gasteiger charge is 2.59. The Kier molecular flexibility index (Phi) is 6.37. The Balaban J connectivity index is 0.984. The fraction of sp³-hybridized carbons (Fsp3) is 0.419. The van der Waals surface area contributed by atoms with Gasteiger partial charge in [0.15, 0.2) is 0 Å². The molecule has 3 fully saturated rings. The molecule has 192 valence electrons. The molecule has 3 aromatic rings. The Hall–Kier alpha value is -3.38. The number of hydrogen-bond acceptors (Lipinski definition) is 3. The predicted octanol–water partition coefficient (Wildman–Crippen LogP) is 4.28. The van der Waals surface area contributed by atoms with Crippen LogP contribution in [0.2, 0.25) is 0 Å². The Morgan fingerprint density at radius 2 is 1.59 bits per heavy atom. The summed E-state index contributed by atoms with van der Waals surface area (Å²) in [6.45, 7) is 5.89. The molecule has 3 aliphatic rings. The summed E-state index contributed by atoms with van der Waals surface area (Å²) in [7, 11) is 1.97. The molecular formula is C31H36N4O2. The van der Waals surface area contributed by atoms with Crippen LogP contribution in [-0.4, -0.2) is 76.9 Å². The number of piperidine rings is 1. The number of likely N-dealkylation sites (tertiary alicyclic amines) is 1. The monoisotopic (exact) mass is 496 g/mol. The third kappa shape index (κ3) is 4.71. The number of aromatic nitrogens is 1. The average Bonchev–Trinajstić information content (AvgIpc) is 3.53. The van der Waals surface area contributed by atoms with Gasteiger partial charge in [-0.25, -0.2) is 0 Å². The van der Waals surface area contributed by atoms with Crippen LogP contribution in [0.3, 0.4) is 0 Å². The second kappa shape index (κ2) is 9.82. The zero-order chi connectivity index (χ0) is 25.4. The van der Waals surface area contributed by atoms with E-state index in [0.717, 1.165) is 81.7 Å². The maximum atomic E-state index is 13.3. The maximum Gasteiger partial charge on any atom is 0.270 e. The third-order valence-electron chi connectivity index (χ3n) is 8.86. The molecule has 6 rings (SSSR count). The minimum absolute atomic E-state index is 0.106. The average molecular weight is 497 g/mol. The highest BCUT2D eigenvalue weighted by Crippen LogP contribution is 2.60. The standard InChI is InChI=1S/C31H36N4O2/c1-32-27-12-6-5-11-25(27)22-28(32)30(37)34-16-13-31(14-17-34)23-26(31)29(36)35-20-18-33(19-21-35)15-7-10-24-8-3-2-4-9-24/h2-12,22,26H,13-21,23H2,1H3/b10-7+. The molecular weight excluding hydrogens is 460 g/mol. The summed E-state index contributed by atoms with van der Waals surface area (Å²) in [5, 5.41) is 1.10. The number of carbonyl (C=O) groups is 2. The van der Waals surface area contributed by atoms with E-state index in [-0.39, 0.29) is 17.2 Å². The van der Waals surface area contributed by atoms with Crippen LogP contribution in [0.15, 0.2) is 66.7 Å². The van der Waals surface area contributed by atoms with Gasteiger partial charge in [0.2, 0.25) is 5.91 Å². The van der Waals surface area contributed by atoms with Crippen molar-refractivity contribution >= 4 is 28.8 Å². The maximum absolute atomic E-state index is 13.3. The van der Waals surface area contributed by atoms with Gasteiger partial charge in [0.1, 0.15) is 5.69 Å². The Morgan fingerprint density at radius 3 is 2.32 bits per heavy atom. The number of amides is 2.